The zero-order valence-electron chi connectivity index (χ0n) is 8.28. The molecule has 74 valence electrons. The van der Waals surface area contributed by atoms with Crippen LogP contribution in [0.1, 0.15) is 32.4 Å². The second-order valence-electron chi connectivity index (χ2n) is 4.00. The highest BCUT2D eigenvalue weighted by atomic mass is 32.2. The van der Waals surface area contributed by atoms with Crippen molar-refractivity contribution in [2.45, 2.75) is 31.6 Å². The molecule has 0 aromatic carbocycles. The lowest BCUT2D eigenvalue weighted by atomic mass is 10.2. The van der Waals surface area contributed by atoms with Crippen LogP contribution in [0.5, 0.6) is 0 Å². The van der Waals surface area contributed by atoms with Crippen LogP contribution in [0.25, 0.3) is 0 Å². The summed E-state index contributed by atoms with van der Waals surface area (Å²) in [6.45, 7) is 6.42. The Balaban J connectivity index is 2.39. The van der Waals surface area contributed by atoms with E-state index in [0.717, 1.165) is 5.56 Å². The molecule has 1 rings (SSSR count). The summed E-state index contributed by atoms with van der Waals surface area (Å²) in [6.07, 6.45) is 2.76. The summed E-state index contributed by atoms with van der Waals surface area (Å²) < 4.78 is 5.10. The van der Waals surface area contributed by atoms with Crippen molar-refractivity contribution in [3.8, 4) is 0 Å². The summed E-state index contributed by atoms with van der Waals surface area (Å²) in [5.74, 6) is 0.711. The smallest absolute Gasteiger partial charge is 0.0960 e. The average Bonchev–Trinajstić information content (AvgIpc) is 2.50. The third kappa shape index (κ3) is 3.87. The second kappa shape index (κ2) is 4.20. The van der Waals surface area contributed by atoms with Gasteiger partial charge in [0.25, 0.3) is 0 Å². The third-order valence-corrected chi connectivity index (χ3v) is 2.95. The van der Waals surface area contributed by atoms with Gasteiger partial charge in [0.05, 0.1) is 18.6 Å². The lowest BCUT2D eigenvalue weighted by Gasteiger charge is -2.19. The molecule has 0 bridgehead atoms. The summed E-state index contributed by atoms with van der Waals surface area (Å²) >= 11 is 1.75. The predicted octanol–water partition coefficient (Wildman–Crippen LogP) is 2.84. The zero-order valence-corrected chi connectivity index (χ0v) is 9.10. The lowest BCUT2D eigenvalue weighted by Crippen LogP contribution is -2.11. The first kappa shape index (κ1) is 10.7. The maximum Gasteiger partial charge on any atom is 0.0960 e. The summed E-state index contributed by atoms with van der Waals surface area (Å²) in [6, 6.07) is 1.80. The molecule has 0 aliphatic heterocycles. The summed E-state index contributed by atoms with van der Waals surface area (Å²) in [5.41, 5.74) is 0.858. The molecular weight excluding hydrogens is 184 g/mol. The first-order valence-corrected chi connectivity index (χ1v) is 5.32. The summed E-state index contributed by atoms with van der Waals surface area (Å²) in [7, 11) is 0. The minimum absolute atomic E-state index is 0.199. The van der Waals surface area contributed by atoms with Crippen LogP contribution in [0.4, 0.5) is 0 Å². The van der Waals surface area contributed by atoms with Gasteiger partial charge in [-0.25, -0.2) is 0 Å². The van der Waals surface area contributed by atoms with E-state index in [1.165, 1.54) is 0 Å². The molecule has 0 spiro atoms. The third-order valence-electron chi connectivity index (χ3n) is 1.60. The Hall–Kier alpha value is -0.410. The van der Waals surface area contributed by atoms with Gasteiger partial charge in [0, 0.05) is 16.1 Å². The van der Waals surface area contributed by atoms with Crippen molar-refractivity contribution < 1.29 is 9.52 Å². The van der Waals surface area contributed by atoms with E-state index in [4.69, 9.17) is 4.42 Å². The lowest BCUT2D eigenvalue weighted by molar-refractivity contribution is 0.203. The van der Waals surface area contributed by atoms with Crippen LogP contribution in [-0.4, -0.2) is 15.6 Å². The minimum Gasteiger partial charge on any atom is -0.472 e. The molecule has 0 fully saturated rings. The summed E-state index contributed by atoms with van der Waals surface area (Å²) in [5, 5.41) is 9.69. The number of aliphatic hydroxyl groups excluding tert-OH is 1. The van der Waals surface area contributed by atoms with Crippen molar-refractivity contribution in [2.75, 3.05) is 5.75 Å². The largest absolute Gasteiger partial charge is 0.472 e. The fourth-order valence-corrected chi connectivity index (χ4v) is 1.74. The van der Waals surface area contributed by atoms with E-state index in [0.29, 0.717) is 5.75 Å². The van der Waals surface area contributed by atoms with Crippen molar-refractivity contribution in [1.29, 1.82) is 0 Å². The number of furan rings is 1. The van der Waals surface area contributed by atoms with Gasteiger partial charge in [-0.15, -0.1) is 0 Å². The SMILES string of the molecule is CC(C)(C)SCC(O)c1ccoc1. The Morgan fingerprint density at radius 3 is 2.69 bits per heavy atom. The highest BCUT2D eigenvalue weighted by molar-refractivity contribution is 8.00. The molecule has 1 aromatic rings. The Morgan fingerprint density at radius 1 is 1.54 bits per heavy atom. The zero-order chi connectivity index (χ0) is 9.90. The monoisotopic (exact) mass is 200 g/mol. The fourth-order valence-electron chi connectivity index (χ4n) is 0.890. The van der Waals surface area contributed by atoms with Gasteiger partial charge in [-0.05, 0) is 6.07 Å². The average molecular weight is 200 g/mol. The van der Waals surface area contributed by atoms with Gasteiger partial charge in [-0.3, -0.25) is 0 Å². The molecular formula is C10H16O2S. The van der Waals surface area contributed by atoms with Crippen molar-refractivity contribution >= 4 is 11.8 Å². The number of rotatable bonds is 3. The number of aliphatic hydroxyl groups is 1. The topological polar surface area (TPSA) is 33.4 Å². The molecule has 1 heterocycles. The van der Waals surface area contributed by atoms with Gasteiger partial charge < -0.3 is 9.52 Å². The van der Waals surface area contributed by atoms with E-state index < -0.39 is 6.10 Å². The van der Waals surface area contributed by atoms with Crippen LogP contribution in [0.3, 0.4) is 0 Å². The van der Waals surface area contributed by atoms with E-state index in [2.05, 4.69) is 20.8 Å². The molecule has 1 unspecified atom stereocenters. The van der Waals surface area contributed by atoms with Crippen LogP contribution in [-0.2, 0) is 0 Å². The van der Waals surface area contributed by atoms with Gasteiger partial charge in [0.2, 0.25) is 0 Å². The minimum atomic E-state index is -0.414. The Labute approximate surface area is 83.3 Å². The molecule has 1 aromatic heterocycles. The van der Waals surface area contributed by atoms with E-state index >= 15 is 0 Å². The quantitative estimate of drug-likeness (QED) is 0.814. The molecule has 2 nitrogen and oxygen atoms in total. The van der Waals surface area contributed by atoms with Gasteiger partial charge in [-0.1, -0.05) is 20.8 Å². The van der Waals surface area contributed by atoms with E-state index in [9.17, 15) is 5.11 Å². The highest BCUT2D eigenvalue weighted by Crippen LogP contribution is 2.28. The molecule has 0 radical (unpaired) electrons. The molecule has 0 saturated carbocycles. The highest BCUT2D eigenvalue weighted by Gasteiger charge is 2.15. The van der Waals surface area contributed by atoms with Crippen LogP contribution in [0.15, 0.2) is 23.0 Å². The molecule has 0 aliphatic rings. The van der Waals surface area contributed by atoms with Crippen molar-refractivity contribution in [3.63, 3.8) is 0 Å². The number of thioether (sulfide) groups is 1. The van der Waals surface area contributed by atoms with Crippen molar-refractivity contribution in [1.82, 2.24) is 0 Å². The molecule has 13 heavy (non-hydrogen) atoms. The van der Waals surface area contributed by atoms with Crippen molar-refractivity contribution in [3.05, 3.63) is 24.2 Å². The second-order valence-corrected chi connectivity index (χ2v) is 5.84. The predicted molar refractivity (Wildman–Crippen MR) is 55.9 cm³/mol. The summed E-state index contributed by atoms with van der Waals surface area (Å²) in [4.78, 5) is 0. The molecule has 1 atom stereocenters. The standard InChI is InChI=1S/C10H16O2S/c1-10(2,3)13-7-9(11)8-4-5-12-6-8/h4-6,9,11H,7H2,1-3H3. The van der Waals surface area contributed by atoms with Gasteiger partial charge >= 0.3 is 0 Å². The Morgan fingerprint density at radius 2 is 2.23 bits per heavy atom. The van der Waals surface area contributed by atoms with E-state index in [1.54, 1.807) is 30.4 Å². The molecule has 1 N–H and O–H groups in total. The molecule has 0 amide bonds. The first-order chi connectivity index (χ1) is 5.99. The normalized spacial score (nSPS) is 14.5. The van der Waals surface area contributed by atoms with Gasteiger partial charge in [0.15, 0.2) is 0 Å². The van der Waals surface area contributed by atoms with E-state index in [-0.39, 0.29) is 4.75 Å². The van der Waals surface area contributed by atoms with Gasteiger partial charge in [0.1, 0.15) is 0 Å². The maximum absolute atomic E-state index is 9.69. The Bertz CT molecular complexity index is 236. The number of hydrogen-bond acceptors (Lipinski definition) is 3. The van der Waals surface area contributed by atoms with E-state index in [1.807, 2.05) is 0 Å². The van der Waals surface area contributed by atoms with Gasteiger partial charge in [-0.2, -0.15) is 11.8 Å². The fraction of sp³-hybridized carbons (Fsp3) is 0.600. The maximum atomic E-state index is 9.69. The van der Waals surface area contributed by atoms with Crippen LogP contribution < -0.4 is 0 Å². The first-order valence-electron chi connectivity index (χ1n) is 4.33. The van der Waals surface area contributed by atoms with Crippen LogP contribution in [0, 0.1) is 0 Å². The number of hydrogen-bond donors (Lipinski definition) is 1. The van der Waals surface area contributed by atoms with Crippen LogP contribution >= 0.6 is 11.8 Å². The van der Waals surface area contributed by atoms with Crippen molar-refractivity contribution in [2.24, 2.45) is 0 Å². The molecule has 0 aliphatic carbocycles. The molecule has 3 heteroatoms. The Kier molecular flexibility index (Phi) is 3.45. The molecule has 0 saturated heterocycles. The van der Waals surface area contributed by atoms with Crippen LogP contribution in [0.2, 0.25) is 0 Å².